The quantitative estimate of drug-likeness (QED) is 0.781. The molecule has 1 atom stereocenters. The van der Waals surface area contributed by atoms with Crippen LogP contribution in [0.1, 0.15) is 18.4 Å². The summed E-state index contributed by atoms with van der Waals surface area (Å²) in [6.07, 6.45) is 0. The number of hydrogen-bond acceptors (Lipinski definition) is 4. The summed E-state index contributed by atoms with van der Waals surface area (Å²) in [6, 6.07) is 6.13. The van der Waals surface area contributed by atoms with Gasteiger partial charge < -0.3 is 9.73 Å². The number of nitrogens with one attached hydrogen (secondary N) is 1. The molecule has 2 rings (SSSR count). The van der Waals surface area contributed by atoms with Gasteiger partial charge in [-0.25, -0.2) is 0 Å². The van der Waals surface area contributed by atoms with Gasteiger partial charge in [0.25, 0.3) is 0 Å². The van der Waals surface area contributed by atoms with Gasteiger partial charge in [0.1, 0.15) is 11.8 Å². The van der Waals surface area contributed by atoms with Crippen molar-refractivity contribution >= 4 is 0 Å². The molecule has 0 saturated carbocycles. The number of nitrogens with zero attached hydrogens (tertiary/aromatic N) is 2. The number of piperazine rings is 1. The van der Waals surface area contributed by atoms with Gasteiger partial charge in [0.2, 0.25) is 5.76 Å². The minimum atomic E-state index is 0.396. The average molecular weight is 205 g/mol. The fraction of sp³-hybridized carbons (Fsp3) is 0.545. The van der Waals surface area contributed by atoms with Crippen LogP contribution in [0.2, 0.25) is 0 Å². The van der Waals surface area contributed by atoms with Crippen LogP contribution in [0.15, 0.2) is 16.5 Å². The van der Waals surface area contributed by atoms with Crippen molar-refractivity contribution < 1.29 is 4.42 Å². The van der Waals surface area contributed by atoms with Crippen molar-refractivity contribution in [1.29, 1.82) is 5.26 Å². The van der Waals surface area contributed by atoms with Crippen LogP contribution in [0.25, 0.3) is 0 Å². The highest BCUT2D eigenvalue weighted by Crippen LogP contribution is 2.11. The fourth-order valence-corrected chi connectivity index (χ4v) is 1.90. The highest BCUT2D eigenvalue weighted by molar-refractivity contribution is 5.19. The molecule has 0 radical (unpaired) electrons. The Balaban J connectivity index is 1.93. The molecular formula is C11H15N3O. The summed E-state index contributed by atoms with van der Waals surface area (Å²) in [5.41, 5.74) is 0. The van der Waals surface area contributed by atoms with Gasteiger partial charge in [-0.3, -0.25) is 4.90 Å². The second-order valence-electron chi connectivity index (χ2n) is 3.97. The zero-order valence-corrected chi connectivity index (χ0v) is 8.86. The Morgan fingerprint density at radius 3 is 3.20 bits per heavy atom. The standard InChI is InChI=1S/C11H15N3O/c1-9-7-14(5-4-13-9)8-11-3-2-10(6-12)15-11/h2-3,9,13H,4-5,7-8H2,1H3. The van der Waals surface area contributed by atoms with E-state index in [4.69, 9.17) is 9.68 Å². The molecule has 4 heteroatoms. The summed E-state index contributed by atoms with van der Waals surface area (Å²) >= 11 is 0. The third-order valence-corrected chi connectivity index (χ3v) is 2.60. The maximum atomic E-state index is 8.63. The van der Waals surface area contributed by atoms with Crippen molar-refractivity contribution in [3.8, 4) is 6.07 Å². The summed E-state index contributed by atoms with van der Waals surface area (Å²) in [4.78, 5) is 2.33. The van der Waals surface area contributed by atoms with E-state index in [-0.39, 0.29) is 0 Å². The first-order chi connectivity index (χ1) is 7.28. The van der Waals surface area contributed by atoms with E-state index in [1.54, 1.807) is 6.07 Å². The molecule has 0 aliphatic carbocycles. The van der Waals surface area contributed by atoms with E-state index in [0.29, 0.717) is 11.8 Å². The van der Waals surface area contributed by atoms with Gasteiger partial charge >= 0.3 is 0 Å². The molecule has 1 N–H and O–H groups in total. The summed E-state index contributed by atoms with van der Waals surface area (Å²) < 4.78 is 5.35. The molecule has 4 nitrogen and oxygen atoms in total. The summed E-state index contributed by atoms with van der Waals surface area (Å²) in [6.45, 7) is 6.06. The average Bonchev–Trinajstić information content (AvgIpc) is 2.65. The van der Waals surface area contributed by atoms with E-state index in [2.05, 4.69) is 17.1 Å². The number of hydrogen-bond donors (Lipinski definition) is 1. The molecule has 1 fully saturated rings. The predicted molar refractivity (Wildman–Crippen MR) is 56.2 cm³/mol. The first-order valence-electron chi connectivity index (χ1n) is 5.22. The summed E-state index contributed by atoms with van der Waals surface area (Å²) in [7, 11) is 0. The van der Waals surface area contributed by atoms with Crippen LogP contribution in [-0.4, -0.2) is 30.6 Å². The van der Waals surface area contributed by atoms with Gasteiger partial charge in [0.05, 0.1) is 6.54 Å². The van der Waals surface area contributed by atoms with Crippen molar-refractivity contribution in [2.24, 2.45) is 0 Å². The van der Waals surface area contributed by atoms with E-state index < -0.39 is 0 Å². The second kappa shape index (κ2) is 4.47. The summed E-state index contributed by atoms with van der Waals surface area (Å²) in [5, 5.41) is 12.0. The molecule has 0 aromatic carbocycles. The van der Waals surface area contributed by atoms with E-state index in [9.17, 15) is 0 Å². The Labute approximate surface area is 89.5 Å². The molecule has 2 heterocycles. The lowest BCUT2D eigenvalue weighted by Gasteiger charge is -2.30. The maximum Gasteiger partial charge on any atom is 0.203 e. The van der Waals surface area contributed by atoms with Crippen molar-refractivity contribution in [3.05, 3.63) is 23.7 Å². The Kier molecular flexibility index (Phi) is 3.05. The van der Waals surface area contributed by atoms with Crippen molar-refractivity contribution in [1.82, 2.24) is 10.2 Å². The second-order valence-corrected chi connectivity index (χ2v) is 3.97. The van der Waals surface area contributed by atoms with E-state index >= 15 is 0 Å². The minimum absolute atomic E-state index is 0.396. The van der Waals surface area contributed by atoms with Crippen LogP contribution in [0.3, 0.4) is 0 Å². The number of furan rings is 1. The lowest BCUT2D eigenvalue weighted by Crippen LogP contribution is -2.48. The van der Waals surface area contributed by atoms with Gasteiger partial charge in [0.15, 0.2) is 0 Å². The highest BCUT2D eigenvalue weighted by atomic mass is 16.3. The normalized spacial score (nSPS) is 22.5. The zero-order valence-electron chi connectivity index (χ0n) is 8.86. The van der Waals surface area contributed by atoms with E-state index in [1.165, 1.54) is 0 Å². The van der Waals surface area contributed by atoms with Crippen LogP contribution in [0.5, 0.6) is 0 Å². The predicted octanol–water partition coefficient (Wildman–Crippen LogP) is 0.945. The van der Waals surface area contributed by atoms with Crippen LogP contribution < -0.4 is 5.32 Å². The Morgan fingerprint density at radius 2 is 2.53 bits per heavy atom. The first-order valence-corrected chi connectivity index (χ1v) is 5.22. The van der Waals surface area contributed by atoms with Crippen molar-refractivity contribution in [2.45, 2.75) is 19.5 Å². The molecule has 80 valence electrons. The fourth-order valence-electron chi connectivity index (χ4n) is 1.90. The number of nitriles is 1. The first kappa shape index (κ1) is 10.2. The van der Waals surface area contributed by atoms with Crippen LogP contribution in [0.4, 0.5) is 0 Å². The van der Waals surface area contributed by atoms with Gasteiger partial charge in [-0.1, -0.05) is 0 Å². The molecule has 0 bridgehead atoms. The molecule has 1 aliphatic heterocycles. The third kappa shape index (κ3) is 2.58. The van der Waals surface area contributed by atoms with Crippen molar-refractivity contribution in [3.63, 3.8) is 0 Å². The third-order valence-electron chi connectivity index (χ3n) is 2.60. The minimum Gasteiger partial charge on any atom is -0.449 e. The van der Waals surface area contributed by atoms with Gasteiger partial charge in [0, 0.05) is 25.7 Å². The Morgan fingerprint density at radius 1 is 1.67 bits per heavy atom. The molecule has 15 heavy (non-hydrogen) atoms. The monoisotopic (exact) mass is 205 g/mol. The van der Waals surface area contributed by atoms with Crippen LogP contribution in [0, 0.1) is 11.3 Å². The Hall–Kier alpha value is -1.31. The van der Waals surface area contributed by atoms with Gasteiger partial charge in [-0.05, 0) is 19.1 Å². The summed E-state index contributed by atoms with van der Waals surface area (Å²) in [5.74, 6) is 1.27. The lowest BCUT2D eigenvalue weighted by molar-refractivity contribution is 0.186. The van der Waals surface area contributed by atoms with Crippen LogP contribution in [-0.2, 0) is 6.54 Å². The smallest absolute Gasteiger partial charge is 0.203 e. The highest BCUT2D eigenvalue weighted by Gasteiger charge is 2.16. The largest absolute Gasteiger partial charge is 0.449 e. The van der Waals surface area contributed by atoms with Gasteiger partial charge in [-0.2, -0.15) is 5.26 Å². The molecular weight excluding hydrogens is 190 g/mol. The molecule has 0 amide bonds. The van der Waals surface area contributed by atoms with Gasteiger partial charge in [-0.15, -0.1) is 0 Å². The topological polar surface area (TPSA) is 52.2 Å². The molecule has 1 aromatic heterocycles. The van der Waals surface area contributed by atoms with Crippen molar-refractivity contribution in [2.75, 3.05) is 19.6 Å². The van der Waals surface area contributed by atoms with E-state index in [0.717, 1.165) is 31.9 Å². The molecule has 1 saturated heterocycles. The maximum absolute atomic E-state index is 8.63. The SMILES string of the molecule is CC1CN(Cc2ccc(C#N)o2)CCN1. The molecule has 1 aliphatic rings. The Bertz CT molecular complexity index is 366. The molecule has 0 spiro atoms. The number of rotatable bonds is 2. The zero-order chi connectivity index (χ0) is 10.7. The van der Waals surface area contributed by atoms with Crippen LogP contribution >= 0.6 is 0 Å². The molecule has 1 unspecified atom stereocenters. The molecule has 1 aromatic rings. The van der Waals surface area contributed by atoms with E-state index in [1.807, 2.05) is 12.1 Å². The lowest BCUT2D eigenvalue weighted by atomic mass is 10.2.